The second-order valence-corrected chi connectivity index (χ2v) is 5.95. The van der Waals surface area contributed by atoms with Crippen LogP contribution in [0, 0.1) is 0 Å². The van der Waals surface area contributed by atoms with Gasteiger partial charge in [-0.25, -0.2) is 4.79 Å². The van der Waals surface area contributed by atoms with Gasteiger partial charge in [-0.2, -0.15) is 0 Å². The van der Waals surface area contributed by atoms with Crippen molar-refractivity contribution < 1.29 is 14.3 Å². The van der Waals surface area contributed by atoms with Crippen molar-refractivity contribution >= 4 is 11.7 Å². The Labute approximate surface area is 158 Å². The molecule has 0 aliphatic rings. The highest BCUT2D eigenvalue weighted by molar-refractivity contribution is 5.89. The van der Waals surface area contributed by atoms with Gasteiger partial charge in [0, 0.05) is 12.2 Å². The summed E-state index contributed by atoms with van der Waals surface area (Å²) < 4.78 is 10.9. The van der Waals surface area contributed by atoms with Crippen molar-refractivity contribution in [3.05, 3.63) is 90.0 Å². The molecular formula is C22H22N2O3. The Morgan fingerprint density at radius 3 is 2.15 bits per heavy atom. The molecule has 0 radical (unpaired) electrons. The summed E-state index contributed by atoms with van der Waals surface area (Å²) in [5.74, 6) is 1.54. The number of amides is 2. The Kier molecular flexibility index (Phi) is 6.30. The summed E-state index contributed by atoms with van der Waals surface area (Å²) >= 11 is 0. The molecule has 27 heavy (non-hydrogen) atoms. The Bertz CT molecular complexity index is 847. The van der Waals surface area contributed by atoms with Crippen LogP contribution in [0.3, 0.4) is 0 Å². The summed E-state index contributed by atoms with van der Waals surface area (Å²) in [4.78, 5) is 12.0. The lowest BCUT2D eigenvalue weighted by Crippen LogP contribution is -2.28. The molecule has 0 bridgehead atoms. The molecular weight excluding hydrogens is 340 g/mol. The molecule has 0 fully saturated rings. The van der Waals surface area contributed by atoms with E-state index in [2.05, 4.69) is 10.6 Å². The summed E-state index contributed by atoms with van der Waals surface area (Å²) in [7, 11) is 1.62. The van der Waals surface area contributed by atoms with Crippen molar-refractivity contribution in [2.45, 2.75) is 13.2 Å². The predicted octanol–water partition coefficient (Wildman–Crippen LogP) is 4.60. The van der Waals surface area contributed by atoms with Gasteiger partial charge in [0.25, 0.3) is 0 Å². The summed E-state index contributed by atoms with van der Waals surface area (Å²) in [6.07, 6.45) is 0. The summed E-state index contributed by atoms with van der Waals surface area (Å²) in [5, 5.41) is 5.63. The van der Waals surface area contributed by atoms with E-state index in [1.54, 1.807) is 7.11 Å². The normalized spacial score (nSPS) is 10.1. The van der Waals surface area contributed by atoms with Crippen LogP contribution in [-0.4, -0.2) is 13.1 Å². The molecule has 0 unspecified atom stereocenters. The predicted molar refractivity (Wildman–Crippen MR) is 106 cm³/mol. The molecule has 0 aliphatic heterocycles. The molecule has 138 valence electrons. The van der Waals surface area contributed by atoms with E-state index in [0.717, 1.165) is 22.6 Å². The number of rotatable bonds is 7. The Balaban J connectivity index is 1.45. The van der Waals surface area contributed by atoms with Gasteiger partial charge in [-0.3, -0.25) is 0 Å². The average Bonchev–Trinajstić information content (AvgIpc) is 2.73. The summed E-state index contributed by atoms with van der Waals surface area (Å²) in [5.41, 5.74) is 2.81. The Morgan fingerprint density at radius 2 is 1.48 bits per heavy atom. The molecule has 3 aromatic rings. The van der Waals surface area contributed by atoms with Gasteiger partial charge in [0.15, 0.2) is 0 Å². The molecule has 0 aliphatic carbocycles. The SMILES string of the molecule is COc1ccc(CNC(=O)Nc2ccc(OCc3ccccc3)cc2)cc1. The molecule has 5 nitrogen and oxygen atoms in total. The van der Waals surface area contributed by atoms with Crippen molar-refractivity contribution in [2.75, 3.05) is 12.4 Å². The second-order valence-electron chi connectivity index (χ2n) is 5.95. The number of methoxy groups -OCH3 is 1. The van der Waals surface area contributed by atoms with Gasteiger partial charge >= 0.3 is 6.03 Å². The van der Waals surface area contributed by atoms with Crippen LogP contribution in [0.5, 0.6) is 11.5 Å². The van der Waals surface area contributed by atoms with E-state index < -0.39 is 0 Å². The molecule has 0 saturated carbocycles. The molecule has 0 saturated heterocycles. The van der Waals surface area contributed by atoms with Crippen LogP contribution in [0.2, 0.25) is 0 Å². The van der Waals surface area contributed by atoms with Gasteiger partial charge in [-0.15, -0.1) is 0 Å². The zero-order valence-electron chi connectivity index (χ0n) is 15.1. The van der Waals surface area contributed by atoms with E-state index in [-0.39, 0.29) is 6.03 Å². The van der Waals surface area contributed by atoms with Crippen LogP contribution in [0.4, 0.5) is 10.5 Å². The summed E-state index contributed by atoms with van der Waals surface area (Å²) in [6.45, 7) is 0.948. The number of nitrogens with one attached hydrogen (secondary N) is 2. The van der Waals surface area contributed by atoms with E-state index in [1.165, 1.54) is 0 Å². The molecule has 0 heterocycles. The molecule has 0 aromatic heterocycles. The molecule has 3 rings (SSSR count). The number of benzene rings is 3. The van der Waals surface area contributed by atoms with Gasteiger partial charge in [0.1, 0.15) is 18.1 Å². The molecule has 3 aromatic carbocycles. The van der Waals surface area contributed by atoms with Crippen LogP contribution in [0.25, 0.3) is 0 Å². The topological polar surface area (TPSA) is 59.6 Å². The first kappa shape index (κ1) is 18.3. The largest absolute Gasteiger partial charge is 0.497 e. The fourth-order valence-electron chi connectivity index (χ4n) is 2.48. The lowest BCUT2D eigenvalue weighted by atomic mass is 10.2. The highest BCUT2D eigenvalue weighted by Gasteiger charge is 2.03. The number of anilines is 1. The quantitative estimate of drug-likeness (QED) is 0.646. The van der Waals surface area contributed by atoms with Gasteiger partial charge in [0.05, 0.1) is 7.11 Å². The van der Waals surface area contributed by atoms with E-state index in [9.17, 15) is 4.79 Å². The van der Waals surface area contributed by atoms with Crippen LogP contribution < -0.4 is 20.1 Å². The first-order chi connectivity index (χ1) is 13.2. The molecule has 2 amide bonds. The molecule has 0 spiro atoms. The van der Waals surface area contributed by atoms with Crippen molar-refractivity contribution in [1.82, 2.24) is 5.32 Å². The number of hydrogen-bond acceptors (Lipinski definition) is 3. The van der Waals surface area contributed by atoms with Crippen molar-refractivity contribution in [2.24, 2.45) is 0 Å². The second kappa shape index (κ2) is 9.29. The van der Waals surface area contributed by atoms with Crippen molar-refractivity contribution in [3.63, 3.8) is 0 Å². The Morgan fingerprint density at radius 1 is 0.815 bits per heavy atom. The number of carbonyl (C=O) groups excluding carboxylic acids is 1. The number of carbonyl (C=O) groups is 1. The van der Waals surface area contributed by atoms with Gasteiger partial charge in [-0.1, -0.05) is 42.5 Å². The summed E-state index contributed by atoms with van der Waals surface area (Å²) in [6, 6.07) is 24.6. The van der Waals surface area contributed by atoms with Crippen LogP contribution in [0.15, 0.2) is 78.9 Å². The van der Waals surface area contributed by atoms with Gasteiger partial charge < -0.3 is 20.1 Å². The fraction of sp³-hybridized carbons (Fsp3) is 0.136. The highest BCUT2D eigenvalue weighted by atomic mass is 16.5. The maximum atomic E-state index is 12.0. The first-order valence-corrected chi connectivity index (χ1v) is 8.67. The first-order valence-electron chi connectivity index (χ1n) is 8.67. The molecule has 2 N–H and O–H groups in total. The fourth-order valence-corrected chi connectivity index (χ4v) is 2.48. The lowest BCUT2D eigenvalue weighted by Gasteiger charge is -2.10. The van der Waals surface area contributed by atoms with Crippen molar-refractivity contribution in [1.29, 1.82) is 0 Å². The number of hydrogen-bond donors (Lipinski definition) is 2. The van der Waals surface area contributed by atoms with Gasteiger partial charge in [-0.05, 0) is 47.5 Å². The monoisotopic (exact) mass is 362 g/mol. The zero-order valence-corrected chi connectivity index (χ0v) is 15.1. The third kappa shape index (κ3) is 5.78. The highest BCUT2D eigenvalue weighted by Crippen LogP contribution is 2.17. The Hall–Kier alpha value is -3.47. The van der Waals surface area contributed by atoms with E-state index in [4.69, 9.17) is 9.47 Å². The van der Waals surface area contributed by atoms with Crippen LogP contribution >= 0.6 is 0 Å². The number of urea groups is 1. The van der Waals surface area contributed by atoms with E-state index in [0.29, 0.717) is 18.8 Å². The maximum absolute atomic E-state index is 12.0. The molecule has 0 atom stereocenters. The maximum Gasteiger partial charge on any atom is 0.319 e. The smallest absolute Gasteiger partial charge is 0.319 e. The minimum atomic E-state index is -0.260. The minimum absolute atomic E-state index is 0.260. The van der Waals surface area contributed by atoms with Crippen LogP contribution in [-0.2, 0) is 13.2 Å². The minimum Gasteiger partial charge on any atom is -0.497 e. The lowest BCUT2D eigenvalue weighted by molar-refractivity contribution is 0.251. The number of ether oxygens (including phenoxy) is 2. The average molecular weight is 362 g/mol. The third-order valence-electron chi connectivity index (χ3n) is 3.97. The molecule has 5 heteroatoms. The standard InChI is InChI=1S/C22H22N2O3/c1-26-20-11-7-17(8-12-20)15-23-22(25)24-19-9-13-21(14-10-19)27-16-18-5-3-2-4-6-18/h2-14H,15-16H2,1H3,(H2,23,24,25). The third-order valence-corrected chi connectivity index (χ3v) is 3.97. The van der Waals surface area contributed by atoms with Crippen molar-refractivity contribution in [3.8, 4) is 11.5 Å². The van der Waals surface area contributed by atoms with Crippen LogP contribution in [0.1, 0.15) is 11.1 Å². The zero-order chi connectivity index (χ0) is 18.9. The van der Waals surface area contributed by atoms with E-state index in [1.807, 2.05) is 78.9 Å². The van der Waals surface area contributed by atoms with E-state index >= 15 is 0 Å². The van der Waals surface area contributed by atoms with Gasteiger partial charge in [0.2, 0.25) is 0 Å².